The van der Waals surface area contributed by atoms with Crippen molar-refractivity contribution in [3.63, 3.8) is 0 Å². The smallest absolute Gasteiger partial charge is 0.0945 e. The van der Waals surface area contributed by atoms with Gasteiger partial charge >= 0.3 is 0 Å². The molecule has 21 heavy (non-hydrogen) atoms. The van der Waals surface area contributed by atoms with E-state index in [1.807, 2.05) is 0 Å². The summed E-state index contributed by atoms with van der Waals surface area (Å²) < 4.78 is 5.96. The summed E-state index contributed by atoms with van der Waals surface area (Å²) in [6.45, 7) is 14.8. The van der Waals surface area contributed by atoms with Crippen molar-refractivity contribution in [2.24, 2.45) is 0 Å². The molecular weight excluding hydrogens is 280 g/mol. The van der Waals surface area contributed by atoms with Crippen LogP contribution in [0.25, 0.3) is 0 Å². The number of thiazole rings is 1. The summed E-state index contributed by atoms with van der Waals surface area (Å²) in [4.78, 5) is 4.83. The Hall–Kier alpha value is -0.450. The van der Waals surface area contributed by atoms with E-state index >= 15 is 0 Å². The molecule has 122 valence electrons. The summed E-state index contributed by atoms with van der Waals surface area (Å²) in [5.41, 5.74) is 1.33. The number of likely N-dealkylation sites (N-methyl/N-ethyl adjacent to an activating group) is 1. The van der Waals surface area contributed by atoms with Crippen LogP contribution in [0, 0.1) is 0 Å². The van der Waals surface area contributed by atoms with Gasteiger partial charge in [0.2, 0.25) is 0 Å². The number of aromatic nitrogens is 1. The fourth-order valence-electron chi connectivity index (χ4n) is 2.43. The van der Waals surface area contributed by atoms with Crippen LogP contribution in [-0.4, -0.2) is 30.3 Å². The standard InChI is InChI=1S/C17H32N2OS/c1-7-10-14(20-9-3)13(18-8-2)11-16-19-15(12-21-16)17(4,5)6/h12-14,18H,7-11H2,1-6H3. The molecule has 3 nitrogen and oxygen atoms in total. The Morgan fingerprint density at radius 3 is 2.48 bits per heavy atom. The lowest BCUT2D eigenvalue weighted by Gasteiger charge is -2.27. The third-order valence-electron chi connectivity index (χ3n) is 3.58. The van der Waals surface area contributed by atoms with Gasteiger partial charge in [-0.3, -0.25) is 0 Å². The molecule has 2 atom stereocenters. The highest BCUT2D eigenvalue weighted by atomic mass is 32.1. The van der Waals surface area contributed by atoms with Crippen LogP contribution in [-0.2, 0) is 16.6 Å². The predicted molar refractivity (Wildman–Crippen MR) is 92.3 cm³/mol. The molecule has 0 saturated carbocycles. The third kappa shape index (κ3) is 6.05. The number of rotatable bonds is 9. The lowest BCUT2D eigenvalue weighted by atomic mass is 9.93. The molecule has 1 aromatic rings. The first kappa shape index (κ1) is 18.6. The maximum Gasteiger partial charge on any atom is 0.0945 e. The number of nitrogens with zero attached hydrogens (tertiary/aromatic N) is 1. The normalized spacial score (nSPS) is 15.1. The molecule has 0 saturated heterocycles. The molecule has 0 amide bonds. The van der Waals surface area contributed by atoms with Crippen LogP contribution in [0.5, 0.6) is 0 Å². The van der Waals surface area contributed by atoms with Crippen molar-refractivity contribution >= 4 is 11.3 Å². The zero-order chi connectivity index (χ0) is 15.9. The Morgan fingerprint density at radius 1 is 1.29 bits per heavy atom. The van der Waals surface area contributed by atoms with Gasteiger partial charge in [-0.15, -0.1) is 11.3 Å². The average molecular weight is 313 g/mol. The molecule has 0 radical (unpaired) electrons. The van der Waals surface area contributed by atoms with Crippen molar-refractivity contribution < 1.29 is 4.74 Å². The van der Waals surface area contributed by atoms with E-state index < -0.39 is 0 Å². The number of ether oxygens (including phenoxy) is 1. The molecule has 2 unspecified atom stereocenters. The summed E-state index contributed by atoms with van der Waals surface area (Å²) in [7, 11) is 0. The minimum atomic E-state index is 0.130. The van der Waals surface area contributed by atoms with Crippen LogP contribution in [0.2, 0.25) is 0 Å². The first-order chi connectivity index (χ1) is 9.92. The summed E-state index contributed by atoms with van der Waals surface area (Å²) in [5, 5.41) is 7.01. The number of hydrogen-bond donors (Lipinski definition) is 1. The molecule has 1 heterocycles. The summed E-state index contributed by atoms with van der Waals surface area (Å²) >= 11 is 1.78. The molecule has 1 rings (SSSR count). The van der Waals surface area contributed by atoms with Gasteiger partial charge < -0.3 is 10.1 Å². The minimum Gasteiger partial charge on any atom is -0.377 e. The second-order valence-corrected chi connectivity index (χ2v) is 7.47. The van der Waals surface area contributed by atoms with Gasteiger partial charge in [-0.2, -0.15) is 0 Å². The molecule has 0 fully saturated rings. The molecule has 0 spiro atoms. The van der Waals surface area contributed by atoms with Crippen LogP contribution in [0.1, 0.15) is 65.1 Å². The molecule has 1 N–H and O–H groups in total. The molecule has 0 bridgehead atoms. The first-order valence-electron chi connectivity index (χ1n) is 8.22. The Labute approximate surface area is 134 Å². The van der Waals surface area contributed by atoms with Gasteiger partial charge in [-0.1, -0.05) is 41.0 Å². The Bertz CT molecular complexity index is 392. The Balaban J connectivity index is 2.79. The highest BCUT2D eigenvalue weighted by molar-refractivity contribution is 7.09. The third-order valence-corrected chi connectivity index (χ3v) is 4.45. The Morgan fingerprint density at radius 2 is 2.00 bits per heavy atom. The minimum absolute atomic E-state index is 0.130. The highest BCUT2D eigenvalue weighted by Crippen LogP contribution is 2.25. The molecule has 1 aromatic heterocycles. The van der Waals surface area contributed by atoms with Gasteiger partial charge in [0, 0.05) is 29.9 Å². The molecule has 0 aliphatic carbocycles. The van der Waals surface area contributed by atoms with Gasteiger partial charge in [0.25, 0.3) is 0 Å². The van der Waals surface area contributed by atoms with Gasteiger partial charge in [0.05, 0.1) is 16.8 Å². The van der Waals surface area contributed by atoms with E-state index in [9.17, 15) is 0 Å². The van der Waals surface area contributed by atoms with Crippen LogP contribution in [0.15, 0.2) is 5.38 Å². The predicted octanol–water partition coefficient (Wildman–Crippen LogP) is 4.17. The van der Waals surface area contributed by atoms with Crippen molar-refractivity contribution in [2.45, 2.75) is 78.4 Å². The quantitative estimate of drug-likeness (QED) is 0.743. The van der Waals surface area contributed by atoms with Crippen molar-refractivity contribution in [3.8, 4) is 0 Å². The van der Waals surface area contributed by atoms with Gasteiger partial charge in [0.1, 0.15) is 0 Å². The van der Waals surface area contributed by atoms with E-state index in [0.29, 0.717) is 6.04 Å². The Kier molecular flexibility index (Phi) is 7.85. The van der Waals surface area contributed by atoms with E-state index in [2.05, 4.69) is 52.2 Å². The largest absolute Gasteiger partial charge is 0.377 e. The first-order valence-corrected chi connectivity index (χ1v) is 9.10. The lowest BCUT2D eigenvalue weighted by Crippen LogP contribution is -2.43. The van der Waals surface area contributed by atoms with Crippen LogP contribution in [0.4, 0.5) is 0 Å². The second-order valence-electron chi connectivity index (χ2n) is 6.53. The maximum absolute atomic E-state index is 5.96. The highest BCUT2D eigenvalue weighted by Gasteiger charge is 2.23. The fraction of sp³-hybridized carbons (Fsp3) is 0.824. The number of nitrogens with one attached hydrogen (secondary N) is 1. The van der Waals surface area contributed by atoms with E-state index in [0.717, 1.165) is 32.4 Å². The molecule has 0 aliphatic rings. The van der Waals surface area contributed by atoms with Gasteiger partial charge in [0.15, 0.2) is 0 Å². The summed E-state index contributed by atoms with van der Waals surface area (Å²) in [5.74, 6) is 0. The number of hydrogen-bond acceptors (Lipinski definition) is 4. The topological polar surface area (TPSA) is 34.1 Å². The fourth-order valence-corrected chi connectivity index (χ4v) is 3.51. The second kappa shape index (κ2) is 8.86. The summed E-state index contributed by atoms with van der Waals surface area (Å²) in [6, 6.07) is 0.355. The van der Waals surface area contributed by atoms with Crippen molar-refractivity contribution in [2.75, 3.05) is 13.2 Å². The molecule has 0 aliphatic heterocycles. The zero-order valence-electron chi connectivity index (χ0n) is 14.5. The average Bonchev–Trinajstić information content (AvgIpc) is 2.86. The molecule has 0 aromatic carbocycles. The van der Waals surface area contributed by atoms with E-state index in [1.54, 1.807) is 11.3 Å². The van der Waals surface area contributed by atoms with Crippen LogP contribution < -0.4 is 5.32 Å². The van der Waals surface area contributed by atoms with Crippen LogP contribution in [0.3, 0.4) is 0 Å². The van der Waals surface area contributed by atoms with Crippen molar-refractivity contribution in [1.29, 1.82) is 0 Å². The summed E-state index contributed by atoms with van der Waals surface area (Å²) in [6.07, 6.45) is 3.49. The maximum atomic E-state index is 5.96. The lowest BCUT2D eigenvalue weighted by molar-refractivity contribution is 0.0285. The monoisotopic (exact) mass is 312 g/mol. The van der Waals surface area contributed by atoms with Crippen molar-refractivity contribution in [3.05, 3.63) is 16.1 Å². The van der Waals surface area contributed by atoms with Gasteiger partial charge in [-0.05, 0) is 19.9 Å². The van der Waals surface area contributed by atoms with E-state index in [1.165, 1.54) is 10.7 Å². The van der Waals surface area contributed by atoms with E-state index in [4.69, 9.17) is 9.72 Å². The SMILES string of the molecule is CCCC(OCC)C(Cc1nc(C(C)(C)C)cs1)NCC. The molecular formula is C17H32N2OS. The molecule has 4 heteroatoms. The zero-order valence-corrected chi connectivity index (χ0v) is 15.3. The van der Waals surface area contributed by atoms with Crippen LogP contribution >= 0.6 is 11.3 Å². The van der Waals surface area contributed by atoms with Gasteiger partial charge in [-0.25, -0.2) is 4.98 Å². The van der Waals surface area contributed by atoms with Crippen molar-refractivity contribution in [1.82, 2.24) is 10.3 Å². The van der Waals surface area contributed by atoms with E-state index in [-0.39, 0.29) is 11.5 Å².